The fourth-order valence-corrected chi connectivity index (χ4v) is 8.77. The van der Waals surface area contributed by atoms with Crippen LogP contribution in [0.4, 0.5) is 9.93 Å². The predicted octanol–water partition coefficient (Wildman–Crippen LogP) is 5.91. The number of thiazole rings is 1. The van der Waals surface area contributed by atoms with Crippen molar-refractivity contribution in [3.63, 3.8) is 0 Å². The predicted molar refractivity (Wildman–Crippen MR) is 229 cm³/mol. The lowest BCUT2D eigenvalue weighted by Crippen LogP contribution is -2.59. The van der Waals surface area contributed by atoms with Gasteiger partial charge in [0.1, 0.15) is 53.6 Å². The number of ether oxygens (including phenoxy) is 4. The van der Waals surface area contributed by atoms with Crippen LogP contribution in [0.2, 0.25) is 0 Å². The average Bonchev–Trinajstić information content (AvgIpc) is 3.60. The number of pyridine rings is 1. The summed E-state index contributed by atoms with van der Waals surface area (Å²) in [6.07, 6.45) is 4.03. The molecule has 2 aromatic heterocycles. The van der Waals surface area contributed by atoms with E-state index in [9.17, 15) is 33.5 Å². The Bertz CT molecular complexity index is 2200. The number of alkyl carbamates (subject to hydrolysis) is 1. The number of amides is 3. The lowest BCUT2D eigenvalue weighted by Gasteiger charge is -2.35. The number of anilines is 1. The molecular weight excluding hydrogens is 828 g/mol. The molecule has 6 rings (SSSR count). The Morgan fingerprint density at radius 2 is 1.82 bits per heavy atom. The van der Waals surface area contributed by atoms with E-state index in [1.54, 1.807) is 39.0 Å². The number of esters is 1. The lowest BCUT2D eigenvalue weighted by molar-refractivity contribution is -0.149. The minimum absolute atomic E-state index is 0.000709. The summed E-state index contributed by atoms with van der Waals surface area (Å²) in [5.41, 5.74) is -0.887. The Morgan fingerprint density at radius 3 is 2.46 bits per heavy atom. The van der Waals surface area contributed by atoms with Crippen molar-refractivity contribution < 1.29 is 52.5 Å². The highest BCUT2D eigenvalue weighted by Crippen LogP contribution is 2.46. The molecule has 330 valence electrons. The van der Waals surface area contributed by atoms with E-state index >= 15 is 0 Å². The Hall–Kier alpha value is -5.03. The second kappa shape index (κ2) is 18.5. The molecule has 3 fully saturated rings. The van der Waals surface area contributed by atoms with Crippen molar-refractivity contribution in [1.82, 2.24) is 25.5 Å². The van der Waals surface area contributed by atoms with E-state index in [-0.39, 0.29) is 43.9 Å². The topological polar surface area (TPSA) is 228 Å². The molecule has 5 atom stereocenters. The first-order chi connectivity index (χ1) is 28.8. The summed E-state index contributed by atoms with van der Waals surface area (Å²) in [5.74, 6) is -1.71. The van der Waals surface area contributed by atoms with Gasteiger partial charge in [-0.1, -0.05) is 39.5 Å². The third kappa shape index (κ3) is 11.1. The lowest BCUT2D eigenvalue weighted by atomic mass is 9.85. The summed E-state index contributed by atoms with van der Waals surface area (Å²) >= 11 is 1.39. The number of carbonyl (C=O) groups is 4. The van der Waals surface area contributed by atoms with Crippen molar-refractivity contribution in [2.24, 2.45) is 11.3 Å². The van der Waals surface area contributed by atoms with Gasteiger partial charge in [-0.2, -0.15) is 0 Å². The minimum Gasteiger partial charge on any atom is -0.488 e. The van der Waals surface area contributed by atoms with Gasteiger partial charge in [-0.15, -0.1) is 17.9 Å². The highest BCUT2D eigenvalue weighted by Gasteiger charge is 2.62. The van der Waals surface area contributed by atoms with Crippen LogP contribution in [0.1, 0.15) is 73.1 Å². The quantitative estimate of drug-likeness (QED) is 0.0603. The van der Waals surface area contributed by atoms with E-state index in [2.05, 4.69) is 29.1 Å². The number of rotatable bonds is 17. The van der Waals surface area contributed by atoms with Crippen molar-refractivity contribution in [3.05, 3.63) is 55.0 Å². The molecule has 17 nitrogen and oxygen atoms in total. The van der Waals surface area contributed by atoms with Gasteiger partial charge in [-0.25, -0.2) is 19.6 Å². The molecule has 1 aromatic carbocycles. The molecule has 2 saturated carbocycles. The van der Waals surface area contributed by atoms with Crippen LogP contribution in [0.15, 0.2) is 55.0 Å². The summed E-state index contributed by atoms with van der Waals surface area (Å²) < 4.78 is 34.8. The molecule has 2 aliphatic carbocycles. The van der Waals surface area contributed by atoms with Crippen LogP contribution in [0, 0.1) is 11.3 Å². The van der Waals surface area contributed by atoms with Gasteiger partial charge in [0.15, 0.2) is 11.5 Å². The van der Waals surface area contributed by atoms with Crippen molar-refractivity contribution in [3.8, 4) is 22.9 Å². The molecule has 1 saturated heterocycles. The third-order valence-electron chi connectivity index (χ3n) is 10.8. The molecule has 3 heterocycles. The molecule has 0 bridgehead atoms. The van der Waals surface area contributed by atoms with Crippen LogP contribution in [0.5, 0.6) is 11.5 Å². The van der Waals surface area contributed by atoms with Crippen LogP contribution in [0.3, 0.4) is 0 Å². The summed E-state index contributed by atoms with van der Waals surface area (Å²) in [6.45, 7) is 16.7. The van der Waals surface area contributed by atoms with E-state index in [0.29, 0.717) is 33.2 Å². The van der Waals surface area contributed by atoms with Crippen molar-refractivity contribution in [2.45, 2.75) is 109 Å². The van der Waals surface area contributed by atoms with E-state index in [4.69, 9.17) is 28.9 Å². The molecule has 0 unspecified atom stereocenters. The molecule has 0 radical (unpaired) electrons. The second-order valence-corrected chi connectivity index (χ2v) is 19.5. The number of nitrogens with one attached hydrogen (secondary N) is 3. The van der Waals surface area contributed by atoms with Gasteiger partial charge in [0, 0.05) is 41.3 Å². The van der Waals surface area contributed by atoms with Gasteiger partial charge < -0.3 is 49.6 Å². The van der Waals surface area contributed by atoms with Crippen molar-refractivity contribution in [2.75, 3.05) is 24.8 Å². The summed E-state index contributed by atoms with van der Waals surface area (Å²) in [7, 11) is -4.49. The standard InChI is InChI=1S/C42H55N6O11PS/c1-8-16-56-38(51)42(20-25(42)9-2)47-36(49)33-18-28(21-48(33)37(50)35(41(5,6)7)46-40(52)59-26-12-10-11-13-26)58-34-19-31(32-22-61-39(45-32)43-24(3)4)44-30-17-27(14-15-29(30)34)57-23-60(53,54)55/h8-9,14-15,17,19,22,24-26,28,33,35H,1-2,10-13,16,18,20-21,23H2,3-7H3,(H,43,45)(H,46,52)(H,47,49)(H2,53,54,55)/t25-,28-,33+,35-,42-/m1/s1. The van der Waals surface area contributed by atoms with Crippen LogP contribution in [0.25, 0.3) is 22.3 Å². The van der Waals surface area contributed by atoms with Crippen LogP contribution in [-0.2, 0) is 28.4 Å². The van der Waals surface area contributed by atoms with Gasteiger partial charge in [0.05, 0.1) is 17.8 Å². The van der Waals surface area contributed by atoms with Crippen LogP contribution >= 0.6 is 18.9 Å². The molecule has 3 aliphatic rings. The SMILES string of the molecule is C=CCOC(=O)[C@@]1(NC(=O)[C@@H]2C[C@@H](Oc3cc(-c4csc(NC(C)C)n4)nc4cc(OCP(=O)(O)O)ccc34)CN2C(=O)[C@@H](NC(=O)OC2CCCC2)C(C)(C)C)C[C@H]1C=C. The van der Waals surface area contributed by atoms with Crippen LogP contribution < -0.4 is 25.4 Å². The normalized spacial score (nSPS) is 22.0. The Kier molecular flexibility index (Phi) is 13.8. The average molecular weight is 883 g/mol. The number of fused-ring (bicyclic) bond motifs is 1. The van der Waals surface area contributed by atoms with Crippen molar-refractivity contribution >= 4 is 58.8 Å². The smallest absolute Gasteiger partial charge is 0.408 e. The minimum atomic E-state index is -4.49. The van der Waals surface area contributed by atoms with E-state index in [0.717, 1.165) is 25.7 Å². The molecule has 19 heteroatoms. The maximum Gasteiger partial charge on any atom is 0.408 e. The maximum absolute atomic E-state index is 14.8. The highest BCUT2D eigenvalue weighted by atomic mass is 32.1. The number of likely N-dealkylation sites (tertiary alicyclic amines) is 1. The maximum atomic E-state index is 14.8. The van der Waals surface area contributed by atoms with E-state index in [1.165, 1.54) is 34.4 Å². The summed E-state index contributed by atoms with van der Waals surface area (Å²) in [5, 5.41) is 12.0. The zero-order valence-corrected chi connectivity index (χ0v) is 36.8. The number of carbonyl (C=O) groups excluding carboxylic acids is 4. The molecule has 1 aliphatic heterocycles. The monoisotopic (exact) mass is 882 g/mol. The summed E-state index contributed by atoms with van der Waals surface area (Å²) in [6, 6.07) is 4.27. The van der Waals surface area contributed by atoms with Crippen LogP contribution in [-0.4, -0.2) is 104 Å². The zero-order chi connectivity index (χ0) is 44.3. The fourth-order valence-electron chi connectivity index (χ4n) is 7.60. The number of hydrogen-bond donors (Lipinski definition) is 5. The molecular formula is C42H55N6O11PS. The van der Waals surface area contributed by atoms with Crippen molar-refractivity contribution in [1.29, 1.82) is 0 Å². The number of nitrogens with zero attached hydrogens (tertiary/aromatic N) is 3. The van der Waals surface area contributed by atoms with Gasteiger partial charge in [0.25, 0.3) is 0 Å². The second-order valence-electron chi connectivity index (χ2n) is 17.1. The molecule has 61 heavy (non-hydrogen) atoms. The first kappa shape index (κ1) is 45.5. The summed E-state index contributed by atoms with van der Waals surface area (Å²) in [4.78, 5) is 85.5. The molecule has 3 amide bonds. The highest BCUT2D eigenvalue weighted by molar-refractivity contribution is 7.51. The Balaban J connectivity index is 1.35. The number of benzene rings is 1. The first-order valence-corrected chi connectivity index (χ1v) is 23.0. The van der Waals surface area contributed by atoms with E-state index < -0.39 is 72.9 Å². The third-order valence-corrected chi connectivity index (χ3v) is 12.0. The zero-order valence-electron chi connectivity index (χ0n) is 35.0. The number of hydrogen-bond acceptors (Lipinski definition) is 13. The first-order valence-electron chi connectivity index (χ1n) is 20.3. The molecule has 0 spiro atoms. The van der Waals surface area contributed by atoms with Gasteiger partial charge in [0.2, 0.25) is 11.8 Å². The van der Waals surface area contributed by atoms with Gasteiger partial charge >= 0.3 is 19.7 Å². The number of aromatic nitrogens is 2. The Morgan fingerprint density at radius 1 is 1.08 bits per heavy atom. The largest absolute Gasteiger partial charge is 0.488 e. The fraction of sp³-hybridized carbons (Fsp3) is 0.524. The Labute approximate surface area is 358 Å². The van der Waals surface area contributed by atoms with Gasteiger partial charge in [-0.3, -0.25) is 14.2 Å². The molecule has 5 N–H and O–H groups in total. The van der Waals surface area contributed by atoms with Gasteiger partial charge in [-0.05, 0) is 63.5 Å². The van der Waals surface area contributed by atoms with E-state index in [1.807, 2.05) is 19.2 Å². The molecule has 3 aromatic rings.